The molecule has 0 amide bonds. The van der Waals surface area contributed by atoms with Crippen LogP contribution in [0.4, 0.5) is 0 Å². The maximum absolute atomic E-state index is 5.94. The normalized spacial score (nSPS) is 15.5. The summed E-state index contributed by atoms with van der Waals surface area (Å²) >= 11 is 5.94. The summed E-state index contributed by atoms with van der Waals surface area (Å²) in [5.74, 6) is 0. The molecule has 2 rings (SSSR count). The average molecular weight is 208 g/mol. The first-order chi connectivity index (χ1) is 6.79. The molecule has 0 aromatic heterocycles. The monoisotopic (exact) mass is 207 g/mol. The van der Waals surface area contributed by atoms with Crippen LogP contribution < -0.4 is 5.32 Å². The van der Waals surface area contributed by atoms with Gasteiger partial charge in [-0.1, -0.05) is 30.3 Å². The predicted molar refractivity (Wildman–Crippen MR) is 61.4 cm³/mol. The Morgan fingerprint density at radius 1 is 1.50 bits per heavy atom. The lowest BCUT2D eigenvalue weighted by Gasteiger charge is -2.07. The number of hydrogen-bond donors (Lipinski definition) is 1. The second-order valence-corrected chi connectivity index (χ2v) is 4.14. The van der Waals surface area contributed by atoms with E-state index in [1.165, 1.54) is 24.0 Å². The average Bonchev–Trinajstić information content (AvgIpc) is 2.98. The zero-order chi connectivity index (χ0) is 9.97. The van der Waals surface area contributed by atoms with E-state index in [4.69, 9.17) is 11.6 Å². The van der Waals surface area contributed by atoms with Gasteiger partial charge in [-0.2, -0.15) is 0 Å². The van der Waals surface area contributed by atoms with Gasteiger partial charge in [0.05, 0.1) is 0 Å². The van der Waals surface area contributed by atoms with Gasteiger partial charge < -0.3 is 5.32 Å². The van der Waals surface area contributed by atoms with Crippen LogP contribution in [0.25, 0.3) is 6.08 Å². The van der Waals surface area contributed by atoms with E-state index in [-0.39, 0.29) is 0 Å². The van der Waals surface area contributed by atoms with Crippen LogP contribution in [0.15, 0.2) is 24.8 Å². The minimum Gasteiger partial charge on any atom is -0.310 e. The molecule has 0 unspecified atom stereocenters. The third kappa shape index (κ3) is 2.37. The lowest BCUT2D eigenvalue weighted by molar-refractivity contribution is 0.687. The van der Waals surface area contributed by atoms with Crippen molar-refractivity contribution >= 4 is 17.7 Å². The summed E-state index contributed by atoms with van der Waals surface area (Å²) in [6.07, 6.45) is 4.49. The number of halogens is 1. The minimum atomic E-state index is 0.728. The molecule has 74 valence electrons. The first-order valence-electron chi connectivity index (χ1n) is 4.94. The molecule has 1 aromatic rings. The summed E-state index contributed by atoms with van der Waals surface area (Å²) in [7, 11) is 0. The molecule has 1 aromatic carbocycles. The van der Waals surface area contributed by atoms with Gasteiger partial charge in [0, 0.05) is 17.6 Å². The fraction of sp³-hybridized carbons (Fsp3) is 0.333. The maximum atomic E-state index is 5.94. The molecule has 1 saturated carbocycles. The van der Waals surface area contributed by atoms with Crippen molar-refractivity contribution < 1.29 is 0 Å². The van der Waals surface area contributed by atoms with E-state index in [2.05, 4.69) is 11.9 Å². The minimum absolute atomic E-state index is 0.728. The van der Waals surface area contributed by atoms with Crippen molar-refractivity contribution in [1.82, 2.24) is 5.32 Å². The third-order valence-corrected chi connectivity index (χ3v) is 2.72. The fourth-order valence-electron chi connectivity index (χ4n) is 1.47. The quantitative estimate of drug-likeness (QED) is 0.800. The topological polar surface area (TPSA) is 12.0 Å². The van der Waals surface area contributed by atoms with Crippen molar-refractivity contribution in [3.05, 3.63) is 40.9 Å². The van der Waals surface area contributed by atoms with Crippen LogP contribution >= 0.6 is 11.6 Å². The lowest BCUT2D eigenvalue weighted by atomic mass is 10.1. The molecule has 14 heavy (non-hydrogen) atoms. The van der Waals surface area contributed by atoms with E-state index >= 15 is 0 Å². The van der Waals surface area contributed by atoms with Crippen LogP contribution in [-0.4, -0.2) is 6.04 Å². The molecule has 0 heterocycles. The van der Waals surface area contributed by atoms with Crippen LogP contribution in [0.3, 0.4) is 0 Å². The van der Waals surface area contributed by atoms with E-state index in [0.717, 1.165) is 17.6 Å². The summed E-state index contributed by atoms with van der Waals surface area (Å²) in [6.45, 7) is 4.69. The van der Waals surface area contributed by atoms with Gasteiger partial charge in [0.2, 0.25) is 0 Å². The number of benzene rings is 1. The highest BCUT2D eigenvalue weighted by atomic mass is 35.5. The predicted octanol–water partition coefficient (Wildman–Crippen LogP) is 3.24. The molecule has 0 aliphatic heterocycles. The molecule has 0 radical (unpaired) electrons. The van der Waals surface area contributed by atoms with Gasteiger partial charge in [-0.3, -0.25) is 0 Å². The maximum Gasteiger partial charge on any atom is 0.0409 e. The van der Waals surface area contributed by atoms with Gasteiger partial charge >= 0.3 is 0 Å². The third-order valence-electron chi connectivity index (χ3n) is 2.48. The van der Waals surface area contributed by atoms with Crippen molar-refractivity contribution in [1.29, 1.82) is 0 Å². The van der Waals surface area contributed by atoms with Gasteiger partial charge in [0.1, 0.15) is 0 Å². The van der Waals surface area contributed by atoms with Crippen molar-refractivity contribution in [2.75, 3.05) is 0 Å². The Kier molecular flexibility index (Phi) is 2.90. The molecule has 1 nitrogen and oxygen atoms in total. The van der Waals surface area contributed by atoms with Crippen molar-refractivity contribution in [2.24, 2.45) is 0 Å². The highest BCUT2D eigenvalue weighted by molar-refractivity contribution is 6.30. The number of hydrogen-bond acceptors (Lipinski definition) is 1. The zero-order valence-electron chi connectivity index (χ0n) is 8.09. The molecule has 1 aliphatic rings. The molecule has 0 atom stereocenters. The summed E-state index contributed by atoms with van der Waals surface area (Å²) in [6, 6.07) is 6.65. The Labute approximate surface area is 89.8 Å². The second kappa shape index (κ2) is 4.16. The van der Waals surface area contributed by atoms with Gasteiger partial charge in [0.15, 0.2) is 0 Å². The van der Waals surface area contributed by atoms with E-state index in [1.54, 1.807) is 0 Å². The standard InChI is InChI=1S/C12H14ClN/c1-2-9-3-4-11(13)7-10(9)8-14-12-5-6-12/h2-4,7,12,14H,1,5-6,8H2. The van der Waals surface area contributed by atoms with E-state index in [9.17, 15) is 0 Å². The summed E-state index contributed by atoms with van der Waals surface area (Å²) in [5.41, 5.74) is 2.40. The van der Waals surface area contributed by atoms with Gasteiger partial charge in [-0.15, -0.1) is 0 Å². The van der Waals surface area contributed by atoms with Gasteiger partial charge in [0.25, 0.3) is 0 Å². The summed E-state index contributed by atoms with van der Waals surface area (Å²) in [5, 5.41) is 4.26. The number of nitrogens with one attached hydrogen (secondary N) is 1. The van der Waals surface area contributed by atoms with Crippen LogP contribution in [-0.2, 0) is 6.54 Å². The van der Waals surface area contributed by atoms with E-state index < -0.39 is 0 Å². The van der Waals surface area contributed by atoms with Crippen molar-refractivity contribution in [3.63, 3.8) is 0 Å². The Morgan fingerprint density at radius 3 is 2.93 bits per heavy atom. The highest BCUT2D eigenvalue weighted by Crippen LogP contribution is 2.21. The Bertz CT molecular complexity index is 342. The molecule has 1 fully saturated rings. The molecule has 0 bridgehead atoms. The first-order valence-corrected chi connectivity index (χ1v) is 5.31. The van der Waals surface area contributed by atoms with Crippen LogP contribution in [0.5, 0.6) is 0 Å². The Balaban J connectivity index is 2.11. The first kappa shape index (κ1) is 9.75. The van der Waals surface area contributed by atoms with Crippen molar-refractivity contribution in [3.8, 4) is 0 Å². The molecular formula is C12H14ClN. The summed E-state index contributed by atoms with van der Waals surface area (Å²) < 4.78 is 0. The molecule has 1 N–H and O–H groups in total. The molecule has 2 heteroatoms. The van der Waals surface area contributed by atoms with Crippen molar-refractivity contribution in [2.45, 2.75) is 25.4 Å². The largest absolute Gasteiger partial charge is 0.310 e. The Morgan fingerprint density at radius 2 is 2.29 bits per heavy atom. The zero-order valence-corrected chi connectivity index (χ0v) is 8.85. The second-order valence-electron chi connectivity index (χ2n) is 3.70. The number of rotatable bonds is 4. The molecule has 1 aliphatic carbocycles. The van der Waals surface area contributed by atoms with Gasteiger partial charge in [-0.05, 0) is 36.1 Å². The summed E-state index contributed by atoms with van der Waals surface area (Å²) in [4.78, 5) is 0. The highest BCUT2D eigenvalue weighted by Gasteiger charge is 2.20. The fourth-order valence-corrected chi connectivity index (χ4v) is 1.66. The van der Waals surface area contributed by atoms with Gasteiger partial charge in [-0.25, -0.2) is 0 Å². The molecule has 0 spiro atoms. The Hall–Kier alpha value is -0.790. The van der Waals surface area contributed by atoms with E-state index in [1.807, 2.05) is 24.3 Å². The SMILES string of the molecule is C=Cc1ccc(Cl)cc1CNC1CC1. The molecule has 0 saturated heterocycles. The van der Waals surface area contributed by atoms with Crippen LogP contribution in [0, 0.1) is 0 Å². The van der Waals surface area contributed by atoms with Crippen LogP contribution in [0.1, 0.15) is 24.0 Å². The van der Waals surface area contributed by atoms with E-state index in [0.29, 0.717) is 0 Å². The smallest absolute Gasteiger partial charge is 0.0409 e. The van der Waals surface area contributed by atoms with Crippen LogP contribution in [0.2, 0.25) is 5.02 Å². The molecular weight excluding hydrogens is 194 g/mol. The lowest BCUT2D eigenvalue weighted by Crippen LogP contribution is -2.15.